The van der Waals surface area contributed by atoms with E-state index >= 15 is 0 Å². The molecule has 12 heavy (non-hydrogen) atoms. The van der Waals surface area contributed by atoms with Crippen molar-refractivity contribution in [3.63, 3.8) is 0 Å². The second kappa shape index (κ2) is 3.15. The molecule has 0 radical (unpaired) electrons. The Morgan fingerprint density at radius 2 is 2.50 bits per heavy atom. The Kier molecular flexibility index (Phi) is 2.38. The molecular weight excluding hydrogens is 158 g/mol. The molecule has 1 unspecified atom stereocenters. The summed E-state index contributed by atoms with van der Waals surface area (Å²) in [6.07, 6.45) is 3.01. The predicted molar refractivity (Wildman–Crippen MR) is 43.0 cm³/mol. The van der Waals surface area contributed by atoms with Gasteiger partial charge in [0.15, 0.2) is 6.10 Å². The van der Waals surface area contributed by atoms with Crippen LogP contribution in [0.3, 0.4) is 0 Å². The van der Waals surface area contributed by atoms with E-state index in [0.29, 0.717) is 6.42 Å². The van der Waals surface area contributed by atoms with Crippen molar-refractivity contribution in [2.45, 2.75) is 32.1 Å². The quantitative estimate of drug-likeness (QED) is 0.486. The van der Waals surface area contributed by atoms with Crippen LogP contribution in [0.5, 0.6) is 0 Å². The fraction of sp³-hybridized carbons (Fsp3) is 0.625. The Hall–Kier alpha value is -1.03. The highest BCUT2D eigenvalue weighted by molar-refractivity contribution is 5.69. The zero-order valence-corrected chi connectivity index (χ0v) is 7.24. The van der Waals surface area contributed by atoms with E-state index in [9.17, 15) is 4.79 Å². The third kappa shape index (κ3) is 1.58. The molecule has 0 saturated heterocycles. The molecular formula is C8H13NO3. The van der Waals surface area contributed by atoms with Crippen molar-refractivity contribution in [1.29, 1.82) is 0 Å². The van der Waals surface area contributed by atoms with E-state index < -0.39 is 5.72 Å². The second-order valence-corrected chi connectivity index (χ2v) is 2.76. The first kappa shape index (κ1) is 9.06. The molecule has 0 fully saturated rings. The van der Waals surface area contributed by atoms with E-state index in [1.165, 1.54) is 6.26 Å². The third-order valence-corrected chi connectivity index (χ3v) is 1.83. The number of nitrogens with two attached hydrogens (primary N) is 1. The van der Waals surface area contributed by atoms with Gasteiger partial charge in [0.25, 0.3) is 0 Å². The molecule has 0 aromatic heterocycles. The Bertz CT molecular complexity index is 214. The average molecular weight is 171 g/mol. The van der Waals surface area contributed by atoms with Crippen molar-refractivity contribution in [1.82, 2.24) is 0 Å². The van der Waals surface area contributed by atoms with Gasteiger partial charge in [-0.3, -0.25) is 10.5 Å². The summed E-state index contributed by atoms with van der Waals surface area (Å²) >= 11 is 0. The molecule has 1 rings (SSSR count). The van der Waals surface area contributed by atoms with Crippen LogP contribution in [0.1, 0.15) is 20.3 Å². The monoisotopic (exact) mass is 171 g/mol. The van der Waals surface area contributed by atoms with Gasteiger partial charge in [-0.1, -0.05) is 6.92 Å². The third-order valence-electron chi connectivity index (χ3n) is 1.83. The minimum absolute atomic E-state index is 0.312. The number of hydrogen-bond acceptors (Lipinski definition) is 4. The highest BCUT2D eigenvalue weighted by Crippen LogP contribution is 2.21. The molecule has 4 nitrogen and oxygen atoms in total. The lowest BCUT2D eigenvalue weighted by Crippen LogP contribution is -2.49. The molecule has 0 aliphatic carbocycles. The first-order chi connectivity index (χ1) is 5.58. The van der Waals surface area contributed by atoms with Crippen molar-refractivity contribution in [2.75, 3.05) is 0 Å². The number of hydrogen-bond donors (Lipinski definition) is 1. The molecule has 1 aliphatic rings. The Morgan fingerprint density at radius 3 is 2.92 bits per heavy atom. The summed E-state index contributed by atoms with van der Waals surface area (Å²) in [4.78, 5) is 10.9. The number of ether oxygens (including phenoxy) is 2. The molecule has 0 aromatic rings. The lowest BCUT2D eigenvalue weighted by Gasteiger charge is -2.25. The van der Waals surface area contributed by atoms with E-state index in [-0.39, 0.29) is 12.1 Å². The van der Waals surface area contributed by atoms with Gasteiger partial charge < -0.3 is 9.47 Å². The first-order valence-electron chi connectivity index (χ1n) is 3.92. The number of carbonyl (C=O) groups excluding carboxylic acids is 1. The Balaban J connectivity index is 2.60. The van der Waals surface area contributed by atoms with E-state index in [0.717, 1.165) is 0 Å². The van der Waals surface area contributed by atoms with Crippen LogP contribution in [-0.2, 0) is 14.3 Å². The summed E-state index contributed by atoms with van der Waals surface area (Å²) in [6, 6.07) is 0. The molecule has 2 N–H and O–H groups in total. The van der Waals surface area contributed by atoms with Gasteiger partial charge in [0.05, 0.1) is 6.26 Å². The van der Waals surface area contributed by atoms with Crippen LogP contribution in [0.2, 0.25) is 0 Å². The van der Waals surface area contributed by atoms with Crippen LogP contribution in [0.15, 0.2) is 12.3 Å². The van der Waals surface area contributed by atoms with Crippen LogP contribution in [-0.4, -0.2) is 17.8 Å². The van der Waals surface area contributed by atoms with Crippen LogP contribution in [0.4, 0.5) is 0 Å². The van der Waals surface area contributed by atoms with Gasteiger partial charge >= 0.3 is 5.97 Å². The molecule has 0 aromatic carbocycles. The normalized spacial score (nSPS) is 33.1. The Morgan fingerprint density at radius 1 is 1.83 bits per heavy atom. The molecule has 1 aliphatic heterocycles. The zero-order valence-electron chi connectivity index (χ0n) is 7.24. The van der Waals surface area contributed by atoms with E-state index in [1.54, 1.807) is 19.9 Å². The maximum absolute atomic E-state index is 10.9. The van der Waals surface area contributed by atoms with Crippen molar-refractivity contribution in [3.05, 3.63) is 12.3 Å². The van der Waals surface area contributed by atoms with Crippen LogP contribution in [0.25, 0.3) is 0 Å². The maximum Gasteiger partial charge on any atom is 0.307 e. The first-order valence-corrected chi connectivity index (χ1v) is 3.92. The van der Waals surface area contributed by atoms with Crippen LogP contribution < -0.4 is 5.73 Å². The van der Waals surface area contributed by atoms with Crippen molar-refractivity contribution in [2.24, 2.45) is 5.73 Å². The molecule has 2 atom stereocenters. The summed E-state index contributed by atoms with van der Waals surface area (Å²) in [6.45, 7) is 3.47. The largest absolute Gasteiger partial charge is 0.492 e. The highest BCUT2D eigenvalue weighted by Gasteiger charge is 2.38. The molecule has 1 heterocycles. The van der Waals surface area contributed by atoms with Crippen LogP contribution >= 0.6 is 0 Å². The van der Waals surface area contributed by atoms with Gasteiger partial charge in [-0.05, 0) is 6.92 Å². The van der Waals surface area contributed by atoms with Gasteiger partial charge in [-0.2, -0.15) is 0 Å². The predicted octanol–water partition coefficient (Wildman–Crippen LogP) is 0.527. The fourth-order valence-corrected chi connectivity index (χ4v) is 0.892. The maximum atomic E-state index is 10.9. The molecule has 68 valence electrons. The highest BCUT2D eigenvalue weighted by atomic mass is 16.6. The fourth-order valence-electron chi connectivity index (χ4n) is 0.892. The van der Waals surface area contributed by atoms with E-state index in [2.05, 4.69) is 0 Å². The van der Waals surface area contributed by atoms with Crippen molar-refractivity contribution in [3.8, 4) is 0 Å². The molecule has 0 bridgehead atoms. The van der Waals surface area contributed by atoms with Gasteiger partial charge in [0.1, 0.15) is 0 Å². The molecule has 0 saturated carbocycles. The standard InChI is InChI=1S/C8H13NO3/c1-3-7(10)12-8(9)4-5-11-6(8)2/h4-6H,3,9H2,1-2H3/t6?,8-/m1/s1. The average Bonchev–Trinajstić information content (AvgIpc) is 2.32. The van der Waals surface area contributed by atoms with Gasteiger partial charge in [0, 0.05) is 12.5 Å². The summed E-state index contributed by atoms with van der Waals surface area (Å²) < 4.78 is 10.0. The van der Waals surface area contributed by atoms with Gasteiger partial charge in [0.2, 0.25) is 5.72 Å². The van der Waals surface area contributed by atoms with Gasteiger partial charge in [-0.25, -0.2) is 0 Å². The minimum Gasteiger partial charge on any atom is -0.492 e. The number of carbonyl (C=O) groups is 1. The van der Waals surface area contributed by atoms with Crippen LogP contribution in [0, 0.1) is 0 Å². The van der Waals surface area contributed by atoms with Crippen molar-refractivity contribution < 1.29 is 14.3 Å². The zero-order chi connectivity index (χ0) is 9.19. The van der Waals surface area contributed by atoms with Crippen molar-refractivity contribution >= 4 is 5.97 Å². The summed E-state index contributed by atoms with van der Waals surface area (Å²) in [7, 11) is 0. The van der Waals surface area contributed by atoms with E-state index in [1.807, 2.05) is 0 Å². The summed E-state index contributed by atoms with van der Waals surface area (Å²) in [5.41, 5.74) is 4.65. The lowest BCUT2D eigenvalue weighted by molar-refractivity contribution is -0.160. The topological polar surface area (TPSA) is 61.5 Å². The second-order valence-electron chi connectivity index (χ2n) is 2.76. The van der Waals surface area contributed by atoms with E-state index in [4.69, 9.17) is 15.2 Å². The number of esters is 1. The molecule has 0 amide bonds. The molecule has 4 heteroatoms. The van der Waals surface area contributed by atoms with Gasteiger partial charge in [-0.15, -0.1) is 0 Å². The Labute approximate surface area is 71.3 Å². The smallest absolute Gasteiger partial charge is 0.307 e. The summed E-state index contributed by atoms with van der Waals surface area (Å²) in [5, 5.41) is 0. The lowest BCUT2D eigenvalue weighted by atomic mass is 10.1. The molecule has 0 spiro atoms. The number of rotatable bonds is 2. The minimum atomic E-state index is -1.08. The SMILES string of the molecule is CCC(=O)O[C@]1(N)C=COC1C. The summed E-state index contributed by atoms with van der Waals surface area (Å²) in [5.74, 6) is -0.320.